The fourth-order valence-corrected chi connectivity index (χ4v) is 3.50. The standard InChI is InChI=1S/C19H25NO12/c1-8(21)28-7-12-14(29-9(2)22)15(30-10(3)23)16(31-11(4)24)17(32-12)20-13(25)6-19(5,27)18(20)26/h12,14-17,27H,6-7H2,1-5H3/t12-,14-,15+,16-,17-,19+/m1/s1. The van der Waals surface area contributed by atoms with Crippen LogP contribution in [0.5, 0.6) is 0 Å². The number of carbonyl (C=O) groups is 6. The summed E-state index contributed by atoms with van der Waals surface area (Å²) in [6.45, 7) is 4.84. The molecular weight excluding hydrogens is 434 g/mol. The number of aliphatic hydroxyl groups is 1. The van der Waals surface area contributed by atoms with E-state index in [1.54, 1.807) is 0 Å². The van der Waals surface area contributed by atoms with Crippen LogP contribution in [0.15, 0.2) is 0 Å². The summed E-state index contributed by atoms with van der Waals surface area (Å²) in [5, 5.41) is 10.2. The third-order valence-electron chi connectivity index (χ3n) is 4.66. The number of rotatable bonds is 6. The van der Waals surface area contributed by atoms with Crippen molar-refractivity contribution in [1.29, 1.82) is 0 Å². The minimum atomic E-state index is -2.05. The van der Waals surface area contributed by atoms with Gasteiger partial charge in [-0.2, -0.15) is 0 Å². The number of ether oxygens (including phenoxy) is 5. The third-order valence-corrected chi connectivity index (χ3v) is 4.66. The van der Waals surface area contributed by atoms with Gasteiger partial charge in [0.1, 0.15) is 18.3 Å². The highest BCUT2D eigenvalue weighted by Gasteiger charge is 2.59. The van der Waals surface area contributed by atoms with Crippen LogP contribution in [0.25, 0.3) is 0 Å². The van der Waals surface area contributed by atoms with Gasteiger partial charge in [-0.25, -0.2) is 4.90 Å². The van der Waals surface area contributed by atoms with Gasteiger partial charge in [0.05, 0.1) is 6.42 Å². The highest BCUT2D eigenvalue weighted by Crippen LogP contribution is 2.35. The highest BCUT2D eigenvalue weighted by molar-refractivity contribution is 6.07. The van der Waals surface area contributed by atoms with Gasteiger partial charge in [0.15, 0.2) is 24.5 Å². The number of amides is 2. The first-order chi connectivity index (χ1) is 14.7. The predicted molar refractivity (Wildman–Crippen MR) is 99.0 cm³/mol. The Balaban J connectivity index is 2.56. The number of nitrogens with zero attached hydrogens (tertiary/aromatic N) is 1. The molecule has 2 fully saturated rings. The van der Waals surface area contributed by atoms with E-state index in [4.69, 9.17) is 23.7 Å². The van der Waals surface area contributed by atoms with Gasteiger partial charge in [-0.15, -0.1) is 0 Å². The van der Waals surface area contributed by atoms with Crippen molar-refractivity contribution in [2.24, 2.45) is 0 Å². The van der Waals surface area contributed by atoms with Gasteiger partial charge >= 0.3 is 23.9 Å². The Hall–Kier alpha value is -3.06. The molecule has 0 aromatic rings. The largest absolute Gasteiger partial charge is 0.463 e. The average molecular weight is 459 g/mol. The Kier molecular flexibility index (Phi) is 7.57. The molecule has 2 saturated heterocycles. The van der Waals surface area contributed by atoms with Crippen molar-refractivity contribution >= 4 is 35.7 Å². The second-order valence-electron chi connectivity index (χ2n) is 7.61. The van der Waals surface area contributed by atoms with Crippen LogP contribution in [0.3, 0.4) is 0 Å². The number of imide groups is 1. The molecule has 0 spiro atoms. The topological polar surface area (TPSA) is 172 Å². The average Bonchev–Trinajstić information content (AvgIpc) is 2.83. The molecule has 13 heteroatoms. The van der Waals surface area contributed by atoms with Crippen LogP contribution in [-0.4, -0.2) is 88.5 Å². The van der Waals surface area contributed by atoms with Crippen molar-refractivity contribution in [2.45, 2.75) is 77.3 Å². The maximum absolute atomic E-state index is 12.7. The van der Waals surface area contributed by atoms with Crippen molar-refractivity contribution < 1.29 is 57.6 Å². The molecule has 2 heterocycles. The molecule has 2 aliphatic heterocycles. The monoisotopic (exact) mass is 459 g/mol. The van der Waals surface area contributed by atoms with Crippen molar-refractivity contribution in [2.75, 3.05) is 6.61 Å². The molecule has 178 valence electrons. The second-order valence-corrected chi connectivity index (χ2v) is 7.61. The van der Waals surface area contributed by atoms with E-state index < -0.39 is 85.0 Å². The molecule has 2 amide bonds. The van der Waals surface area contributed by atoms with E-state index in [0.717, 1.165) is 34.6 Å². The maximum atomic E-state index is 12.7. The lowest BCUT2D eigenvalue weighted by Gasteiger charge is -2.46. The van der Waals surface area contributed by atoms with Crippen molar-refractivity contribution in [3.05, 3.63) is 0 Å². The molecule has 0 unspecified atom stereocenters. The van der Waals surface area contributed by atoms with Crippen molar-refractivity contribution in [3.63, 3.8) is 0 Å². The lowest BCUT2D eigenvalue weighted by Crippen LogP contribution is -2.67. The summed E-state index contributed by atoms with van der Waals surface area (Å²) >= 11 is 0. The second kappa shape index (κ2) is 9.61. The van der Waals surface area contributed by atoms with E-state index in [9.17, 15) is 33.9 Å². The van der Waals surface area contributed by atoms with E-state index in [1.807, 2.05) is 0 Å². The smallest absolute Gasteiger partial charge is 0.303 e. The summed E-state index contributed by atoms with van der Waals surface area (Å²) in [6, 6.07) is 0. The lowest BCUT2D eigenvalue weighted by molar-refractivity contribution is -0.273. The minimum absolute atomic E-state index is 0.513. The zero-order valence-corrected chi connectivity index (χ0v) is 18.2. The van der Waals surface area contributed by atoms with Crippen LogP contribution in [0.2, 0.25) is 0 Å². The fourth-order valence-electron chi connectivity index (χ4n) is 3.50. The molecule has 13 nitrogen and oxygen atoms in total. The van der Waals surface area contributed by atoms with Gasteiger partial charge in [-0.1, -0.05) is 0 Å². The molecule has 0 aliphatic carbocycles. The van der Waals surface area contributed by atoms with Crippen LogP contribution in [0.1, 0.15) is 41.0 Å². The van der Waals surface area contributed by atoms with Gasteiger partial charge in [-0.3, -0.25) is 28.8 Å². The summed E-state index contributed by atoms with van der Waals surface area (Å²) < 4.78 is 26.3. The highest BCUT2D eigenvalue weighted by atomic mass is 16.7. The van der Waals surface area contributed by atoms with Crippen LogP contribution in [0.4, 0.5) is 0 Å². The zero-order chi connectivity index (χ0) is 24.4. The molecular formula is C19H25NO12. The summed E-state index contributed by atoms with van der Waals surface area (Å²) in [5.41, 5.74) is -2.05. The van der Waals surface area contributed by atoms with Crippen LogP contribution in [-0.2, 0) is 52.5 Å². The Morgan fingerprint density at radius 1 is 0.938 bits per heavy atom. The van der Waals surface area contributed by atoms with Gasteiger partial charge in [0.25, 0.3) is 5.91 Å². The van der Waals surface area contributed by atoms with Gasteiger partial charge < -0.3 is 28.8 Å². The van der Waals surface area contributed by atoms with E-state index in [-0.39, 0.29) is 0 Å². The van der Waals surface area contributed by atoms with E-state index in [1.165, 1.54) is 0 Å². The Morgan fingerprint density at radius 3 is 1.88 bits per heavy atom. The minimum Gasteiger partial charge on any atom is -0.463 e. The predicted octanol–water partition coefficient (Wildman–Crippen LogP) is -1.42. The van der Waals surface area contributed by atoms with Crippen LogP contribution < -0.4 is 0 Å². The molecule has 2 aliphatic rings. The first kappa shape index (κ1) is 25.2. The zero-order valence-electron chi connectivity index (χ0n) is 18.2. The first-order valence-electron chi connectivity index (χ1n) is 9.64. The van der Waals surface area contributed by atoms with Crippen molar-refractivity contribution in [3.8, 4) is 0 Å². The van der Waals surface area contributed by atoms with Crippen LogP contribution in [0, 0.1) is 0 Å². The van der Waals surface area contributed by atoms with Gasteiger partial charge in [0, 0.05) is 27.7 Å². The van der Waals surface area contributed by atoms with Gasteiger partial charge in [0.2, 0.25) is 5.91 Å². The summed E-state index contributed by atoms with van der Waals surface area (Å²) in [4.78, 5) is 72.4. The summed E-state index contributed by atoms with van der Waals surface area (Å²) in [6.07, 6.45) is -8.15. The Morgan fingerprint density at radius 2 is 1.44 bits per heavy atom. The summed E-state index contributed by atoms with van der Waals surface area (Å²) in [5.74, 6) is -5.16. The number of likely N-dealkylation sites (tertiary alicyclic amines) is 1. The SMILES string of the molecule is CC(=O)OC[C@H]1O[C@@H](N2C(=O)C[C@](C)(O)C2=O)[C@H](OC(C)=O)[C@@H](OC(C)=O)[C@@H]1OC(C)=O. The van der Waals surface area contributed by atoms with Crippen molar-refractivity contribution in [1.82, 2.24) is 4.90 Å². The van der Waals surface area contributed by atoms with E-state index >= 15 is 0 Å². The molecule has 0 bridgehead atoms. The summed E-state index contributed by atoms with van der Waals surface area (Å²) in [7, 11) is 0. The number of hydrogen-bond acceptors (Lipinski definition) is 12. The fraction of sp³-hybridized carbons (Fsp3) is 0.684. The van der Waals surface area contributed by atoms with Crippen LogP contribution >= 0.6 is 0 Å². The maximum Gasteiger partial charge on any atom is 0.303 e. The Bertz CT molecular complexity index is 821. The van der Waals surface area contributed by atoms with Gasteiger partial charge in [-0.05, 0) is 6.92 Å². The lowest BCUT2D eigenvalue weighted by atomic mass is 9.96. The molecule has 32 heavy (non-hydrogen) atoms. The quantitative estimate of drug-likeness (QED) is 0.279. The number of esters is 4. The van der Waals surface area contributed by atoms with E-state index in [2.05, 4.69) is 0 Å². The molecule has 0 aromatic heterocycles. The third kappa shape index (κ3) is 5.59. The Labute approximate surface area is 182 Å². The molecule has 0 saturated carbocycles. The first-order valence-corrected chi connectivity index (χ1v) is 9.64. The molecule has 0 aromatic carbocycles. The molecule has 6 atom stereocenters. The normalized spacial score (nSPS) is 32.3. The molecule has 2 rings (SSSR count). The number of carbonyl (C=O) groups excluding carboxylic acids is 6. The number of hydrogen-bond donors (Lipinski definition) is 1. The van der Waals surface area contributed by atoms with E-state index in [0.29, 0.717) is 4.90 Å². The molecule has 0 radical (unpaired) electrons. The molecule has 1 N–H and O–H groups in total.